The lowest BCUT2D eigenvalue weighted by Gasteiger charge is -2.11. The van der Waals surface area contributed by atoms with E-state index < -0.39 is 0 Å². The molecule has 1 aromatic heterocycles. The van der Waals surface area contributed by atoms with Crippen molar-refractivity contribution < 1.29 is 0 Å². The Bertz CT molecular complexity index is 1170. The third-order valence-electron chi connectivity index (χ3n) is 4.85. The summed E-state index contributed by atoms with van der Waals surface area (Å²) in [6, 6.07) is 23.7. The largest absolute Gasteiger partial charge is 0.309 e. The summed E-state index contributed by atoms with van der Waals surface area (Å²) in [5, 5.41) is 2.57. The third kappa shape index (κ3) is 2.49. The SMILES string of the molecule is C=C/C=C(\C=C)c1cccc(-n2c3ccccc3c3cccc(C)c32)c1. The maximum atomic E-state index is 3.94. The van der Waals surface area contributed by atoms with Gasteiger partial charge in [0.25, 0.3) is 0 Å². The first kappa shape index (κ1) is 16.2. The van der Waals surface area contributed by atoms with Crippen molar-refractivity contribution >= 4 is 27.4 Å². The molecular weight excluding hydrogens is 314 g/mol. The average Bonchev–Trinajstić information content (AvgIpc) is 3.02. The second-order valence-electron chi connectivity index (χ2n) is 6.44. The van der Waals surface area contributed by atoms with Crippen LogP contribution < -0.4 is 0 Å². The fraction of sp³-hybridized carbons (Fsp3) is 0.0400. The van der Waals surface area contributed by atoms with Gasteiger partial charge in [0.05, 0.1) is 11.0 Å². The van der Waals surface area contributed by atoms with Crippen LogP contribution in [-0.2, 0) is 0 Å². The maximum absolute atomic E-state index is 3.94. The maximum Gasteiger partial charge on any atom is 0.0570 e. The Kier molecular flexibility index (Phi) is 4.06. The van der Waals surface area contributed by atoms with Crippen LogP contribution in [0.4, 0.5) is 0 Å². The monoisotopic (exact) mass is 335 g/mol. The molecule has 0 radical (unpaired) electrons. The van der Waals surface area contributed by atoms with Crippen molar-refractivity contribution in [2.24, 2.45) is 0 Å². The van der Waals surface area contributed by atoms with Gasteiger partial charge in [-0.1, -0.05) is 79.9 Å². The van der Waals surface area contributed by atoms with Gasteiger partial charge in [0, 0.05) is 16.5 Å². The van der Waals surface area contributed by atoms with Crippen molar-refractivity contribution in [2.75, 3.05) is 0 Å². The van der Waals surface area contributed by atoms with E-state index in [2.05, 4.69) is 91.4 Å². The summed E-state index contributed by atoms with van der Waals surface area (Å²) in [6.45, 7) is 9.92. The van der Waals surface area contributed by atoms with Gasteiger partial charge < -0.3 is 4.57 Å². The molecule has 0 aliphatic carbocycles. The van der Waals surface area contributed by atoms with Crippen molar-refractivity contribution in [2.45, 2.75) is 6.92 Å². The average molecular weight is 335 g/mol. The zero-order valence-electron chi connectivity index (χ0n) is 14.9. The van der Waals surface area contributed by atoms with E-state index in [-0.39, 0.29) is 0 Å². The second kappa shape index (κ2) is 6.53. The minimum absolute atomic E-state index is 1.07. The summed E-state index contributed by atoms with van der Waals surface area (Å²) in [5.41, 5.74) is 7.12. The van der Waals surface area contributed by atoms with Crippen molar-refractivity contribution in [1.29, 1.82) is 0 Å². The van der Waals surface area contributed by atoms with E-state index >= 15 is 0 Å². The van der Waals surface area contributed by atoms with Crippen LogP contribution in [0.1, 0.15) is 11.1 Å². The summed E-state index contributed by atoms with van der Waals surface area (Å²) in [7, 11) is 0. The van der Waals surface area contributed by atoms with Crippen LogP contribution >= 0.6 is 0 Å². The summed E-state index contributed by atoms with van der Waals surface area (Å²) in [5.74, 6) is 0. The third-order valence-corrected chi connectivity index (χ3v) is 4.85. The summed E-state index contributed by atoms with van der Waals surface area (Å²) >= 11 is 0. The molecule has 126 valence electrons. The molecule has 0 amide bonds. The van der Waals surface area contributed by atoms with Gasteiger partial charge in [-0.15, -0.1) is 0 Å². The van der Waals surface area contributed by atoms with Gasteiger partial charge in [0.2, 0.25) is 0 Å². The van der Waals surface area contributed by atoms with Crippen molar-refractivity contribution in [1.82, 2.24) is 4.57 Å². The van der Waals surface area contributed by atoms with Crippen molar-refractivity contribution in [3.63, 3.8) is 0 Å². The standard InChI is InChI=1S/C25H21N/c1-4-10-19(5-2)20-12-9-13-21(17-20)26-24-16-7-6-14-22(24)23-15-8-11-18(3)25(23)26/h4-17H,1-2H2,3H3/b19-10+. The number of aryl methyl sites for hydroxylation is 1. The van der Waals surface area contributed by atoms with Gasteiger partial charge in [-0.25, -0.2) is 0 Å². The number of hydrogen-bond acceptors (Lipinski definition) is 0. The molecule has 0 saturated heterocycles. The van der Waals surface area contributed by atoms with E-state index in [1.165, 1.54) is 27.4 Å². The molecule has 0 atom stereocenters. The first-order valence-corrected chi connectivity index (χ1v) is 8.79. The number of rotatable bonds is 4. The molecule has 0 bridgehead atoms. The molecule has 4 rings (SSSR count). The number of nitrogens with zero attached hydrogens (tertiary/aromatic N) is 1. The van der Waals surface area contributed by atoms with Crippen LogP contribution in [0.2, 0.25) is 0 Å². The molecule has 0 aliphatic heterocycles. The van der Waals surface area contributed by atoms with Gasteiger partial charge in [0.15, 0.2) is 0 Å². The van der Waals surface area contributed by atoms with E-state index in [9.17, 15) is 0 Å². The van der Waals surface area contributed by atoms with Gasteiger partial charge >= 0.3 is 0 Å². The predicted octanol–water partition coefficient (Wildman–Crippen LogP) is 6.85. The normalized spacial score (nSPS) is 11.8. The highest BCUT2D eigenvalue weighted by molar-refractivity contribution is 6.10. The van der Waals surface area contributed by atoms with Crippen LogP contribution in [0.15, 0.2) is 98.1 Å². The number of fused-ring (bicyclic) bond motifs is 3. The van der Waals surface area contributed by atoms with Gasteiger partial charge in [-0.3, -0.25) is 0 Å². The zero-order chi connectivity index (χ0) is 18.1. The zero-order valence-corrected chi connectivity index (χ0v) is 14.9. The van der Waals surface area contributed by atoms with Gasteiger partial charge in [0.1, 0.15) is 0 Å². The number of para-hydroxylation sites is 2. The lowest BCUT2D eigenvalue weighted by Crippen LogP contribution is -1.96. The molecule has 0 fully saturated rings. The quantitative estimate of drug-likeness (QED) is 0.359. The number of aromatic nitrogens is 1. The van der Waals surface area contributed by atoms with Crippen LogP contribution in [0.5, 0.6) is 0 Å². The number of allylic oxidation sites excluding steroid dienone is 4. The van der Waals surface area contributed by atoms with E-state index in [1.54, 1.807) is 6.08 Å². The molecule has 1 nitrogen and oxygen atoms in total. The van der Waals surface area contributed by atoms with Crippen LogP contribution in [0.3, 0.4) is 0 Å². The molecule has 0 spiro atoms. The smallest absolute Gasteiger partial charge is 0.0570 e. The Hall–Kier alpha value is -3.32. The Balaban J connectivity index is 2.07. The van der Waals surface area contributed by atoms with Gasteiger partial charge in [-0.05, 0) is 41.8 Å². The molecule has 0 unspecified atom stereocenters. The molecule has 4 aromatic rings. The van der Waals surface area contributed by atoms with Crippen LogP contribution in [0.25, 0.3) is 33.1 Å². The van der Waals surface area contributed by atoms with E-state index in [0.717, 1.165) is 16.8 Å². The van der Waals surface area contributed by atoms with Crippen molar-refractivity contribution in [3.05, 3.63) is 109 Å². The second-order valence-corrected chi connectivity index (χ2v) is 6.44. The topological polar surface area (TPSA) is 4.93 Å². The lowest BCUT2D eigenvalue weighted by atomic mass is 10.0. The molecule has 0 N–H and O–H groups in total. The first-order valence-electron chi connectivity index (χ1n) is 8.79. The molecule has 1 heterocycles. The van der Waals surface area contributed by atoms with Gasteiger partial charge in [-0.2, -0.15) is 0 Å². The van der Waals surface area contributed by atoms with E-state index in [4.69, 9.17) is 0 Å². The Morgan fingerprint density at radius 1 is 0.885 bits per heavy atom. The number of benzene rings is 3. The van der Waals surface area contributed by atoms with Crippen LogP contribution in [-0.4, -0.2) is 4.57 Å². The molecule has 1 heteroatoms. The Labute approximate surface area is 154 Å². The minimum atomic E-state index is 1.07. The summed E-state index contributed by atoms with van der Waals surface area (Å²) < 4.78 is 2.36. The summed E-state index contributed by atoms with van der Waals surface area (Å²) in [6.07, 6.45) is 5.66. The highest BCUT2D eigenvalue weighted by Gasteiger charge is 2.13. The molecule has 3 aromatic carbocycles. The highest BCUT2D eigenvalue weighted by atomic mass is 15.0. The molecular formula is C25H21N. The minimum Gasteiger partial charge on any atom is -0.309 e. The molecule has 26 heavy (non-hydrogen) atoms. The summed E-state index contributed by atoms with van der Waals surface area (Å²) in [4.78, 5) is 0. The van der Waals surface area contributed by atoms with Crippen LogP contribution in [0, 0.1) is 6.92 Å². The lowest BCUT2D eigenvalue weighted by molar-refractivity contribution is 1.17. The number of hydrogen-bond donors (Lipinski definition) is 0. The molecule has 0 aliphatic rings. The first-order chi connectivity index (χ1) is 12.7. The highest BCUT2D eigenvalue weighted by Crippen LogP contribution is 2.34. The Morgan fingerprint density at radius 3 is 2.46 bits per heavy atom. The fourth-order valence-corrected chi connectivity index (χ4v) is 3.69. The molecule has 0 saturated carbocycles. The fourth-order valence-electron chi connectivity index (χ4n) is 3.69. The van der Waals surface area contributed by atoms with Crippen molar-refractivity contribution in [3.8, 4) is 5.69 Å². The van der Waals surface area contributed by atoms with E-state index in [0.29, 0.717) is 0 Å². The van der Waals surface area contributed by atoms with E-state index in [1.807, 2.05) is 12.2 Å². The predicted molar refractivity (Wildman–Crippen MR) is 114 cm³/mol. The Morgan fingerprint density at radius 2 is 1.65 bits per heavy atom.